The topological polar surface area (TPSA) is 61.8 Å². The average molecular weight is 403 g/mol. The summed E-state index contributed by atoms with van der Waals surface area (Å²) in [7, 11) is 0. The predicted molar refractivity (Wildman–Crippen MR) is 105 cm³/mol. The fraction of sp³-hybridized carbons (Fsp3) is 0.905. The number of alkyl halides is 1. The maximum absolute atomic E-state index is 11.7. The Bertz CT molecular complexity index is 438. The van der Waals surface area contributed by atoms with Crippen LogP contribution < -0.4 is 0 Å². The lowest BCUT2D eigenvalue weighted by Crippen LogP contribution is -2.32. The number of halogens is 1. The van der Waals surface area contributed by atoms with Crippen molar-refractivity contribution in [2.45, 2.75) is 95.3 Å². The lowest BCUT2D eigenvalue weighted by Gasteiger charge is -2.28. The maximum Gasteiger partial charge on any atom is 0.305 e. The van der Waals surface area contributed by atoms with Gasteiger partial charge in [0.2, 0.25) is 0 Å². The highest BCUT2D eigenvalue weighted by atomic mass is 35.5. The number of hydrogen-bond donors (Lipinski definition) is 0. The van der Waals surface area contributed by atoms with Crippen molar-refractivity contribution in [1.29, 1.82) is 0 Å². The molecular formula is C21H35ClO5. The molecule has 5 nitrogen and oxygen atoms in total. The molecule has 5 atom stereocenters. The molecule has 6 heteroatoms. The number of aldehydes is 1. The lowest BCUT2D eigenvalue weighted by molar-refractivity contribution is -0.194. The van der Waals surface area contributed by atoms with Crippen LogP contribution in [0.4, 0.5) is 0 Å². The second-order valence-corrected chi connectivity index (χ2v) is 8.33. The summed E-state index contributed by atoms with van der Waals surface area (Å²) in [4.78, 5) is 23.1. The Morgan fingerprint density at radius 1 is 1.22 bits per heavy atom. The van der Waals surface area contributed by atoms with Crippen molar-refractivity contribution in [3.8, 4) is 0 Å². The van der Waals surface area contributed by atoms with E-state index in [4.69, 9.17) is 25.8 Å². The fourth-order valence-corrected chi connectivity index (χ4v) is 4.55. The summed E-state index contributed by atoms with van der Waals surface area (Å²) < 4.78 is 16.8. The van der Waals surface area contributed by atoms with Gasteiger partial charge in [-0.05, 0) is 50.9 Å². The van der Waals surface area contributed by atoms with Gasteiger partial charge in [0.15, 0.2) is 6.29 Å². The maximum atomic E-state index is 11.7. The molecule has 1 unspecified atom stereocenters. The number of carbonyl (C=O) groups is 2. The van der Waals surface area contributed by atoms with E-state index in [0.29, 0.717) is 13.0 Å². The molecule has 0 aromatic rings. The Balaban J connectivity index is 1.64. The summed E-state index contributed by atoms with van der Waals surface area (Å²) in [6.45, 7) is 3.24. The molecule has 2 fully saturated rings. The molecule has 2 rings (SSSR count). The number of carbonyl (C=O) groups excluding carboxylic acids is 2. The molecule has 0 aromatic carbocycles. The third-order valence-corrected chi connectivity index (χ3v) is 6.10. The highest BCUT2D eigenvalue weighted by Crippen LogP contribution is 2.40. The van der Waals surface area contributed by atoms with E-state index in [1.807, 2.05) is 6.92 Å². The van der Waals surface area contributed by atoms with Crippen molar-refractivity contribution < 1.29 is 23.8 Å². The molecule has 0 spiro atoms. The minimum atomic E-state index is -0.179. The zero-order valence-electron chi connectivity index (χ0n) is 16.6. The molecule has 0 N–H and O–H groups in total. The van der Waals surface area contributed by atoms with Gasteiger partial charge in [-0.2, -0.15) is 0 Å². The molecule has 1 aliphatic heterocycles. The standard InChI is InChI=1S/C21H35ClO5/c1-2-12-25-20(24)10-6-4-3-5-9-16-17(15-23)19(14-18(16)22)27-21-11-7-8-13-26-21/h15-19,21H,2-14H2,1H3/t16-,17-,18-,19-,21?/m1/s1. The number of unbranched alkanes of at least 4 members (excludes halogenated alkanes) is 3. The molecule has 2 aliphatic rings. The molecule has 156 valence electrons. The van der Waals surface area contributed by atoms with Crippen molar-refractivity contribution in [3.63, 3.8) is 0 Å². The number of hydrogen-bond acceptors (Lipinski definition) is 5. The Morgan fingerprint density at radius 2 is 2.04 bits per heavy atom. The first-order valence-electron chi connectivity index (χ1n) is 10.7. The van der Waals surface area contributed by atoms with Crippen LogP contribution in [0.15, 0.2) is 0 Å². The minimum absolute atomic E-state index is 0.0159. The van der Waals surface area contributed by atoms with E-state index in [1.54, 1.807) is 0 Å². The summed E-state index contributed by atoms with van der Waals surface area (Å²) >= 11 is 6.55. The van der Waals surface area contributed by atoms with Gasteiger partial charge in [0.05, 0.1) is 12.7 Å². The highest BCUT2D eigenvalue weighted by Gasteiger charge is 2.43. The zero-order valence-corrected chi connectivity index (χ0v) is 17.3. The molecular weight excluding hydrogens is 368 g/mol. The van der Waals surface area contributed by atoms with Crippen molar-refractivity contribution >= 4 is 23.9 Å². The second-order valence-electron chi connectivity index (χ2n) is 7.77. The summed E-state index contributed by atoms with van der Waals surface area (Å²) in [5, 5.41) is -0.0159. The monoisotopic (exact) mass is 402 g/mol. The molecule has 1 heterocycles. The van der Waals surface area contributed by atoms with Crippen LogP contribution in [0.2, 0.25) is 0 Å². The summed E-state index contributed by atoms with van der Waals surface area (Å²) in [6, 6.07) is 0. The Morgan fingerprint density at radius 3 is 2.74 bits per heavy atom. The molecule has 1 aliphatic carbocycles. The summed E-state index contributed by atoms with van der Waals surface area (Å²) in [5.74, 6) is -0.0614. The van der Waals surface area contributed by atoms with Gasteiger partial charge in [0, 0.05) is 24.3 Å². The van der Waals surface area contributed by atoms with Crippen LogP contribution in [0, 0.1) is 11.8 Å². The van der Waals surface area contributed by atoms with Gasteiger partial charge in [0.25, 0.3) is 0 Å². The van der Waals surface area contributed by atoms with Crippen LogP contribution in [0.25, 0.3) is 0 Å². The third-order valence-electron chi connectivity index (χ3n) is 5.60. The van der Waals surface area contributed by atoms with Gasteiger partial charge in [-0.15, -0.1) is 11.6 Å². The fourth-order valence-electron chi connectivity index (χ4n) is 4.08. The van der Waals surface area contributed by atoms with E-state index in [0.717, 1.165) is 77.1 Å². The van der Waals surface area contributed by atoms with Crippen LogP contribution in [0.3, 0.4) is 0 Å². The first-order chi connectivity index (χ1) is 13.2. The highest BCUT2D eigenvalue weighted by molar-refractivity contribution is 6.21. The normalized spacial score (nSPS) is 31.0. The van der Waals surface area contributed by atoms with E-state index < -0.39 is 0 Å². The van der Waals surface area contributed by atoms with Crippen LogP contribution >= 0.6 is 11.6 Å². The molecule has 27 heavy (non-hydrogen) atoms. The molecule has 1 saturated heterocycles. The average Bonchev–Trinajstić information content (AvgIpc) is 2.97. The van der Waals surface area contributed by atoms with Crippen molar-refractivity contribution in [2.24, 2.45) is 11.8 Å². The molecule has 0 amide bonds. The van der Waals surface area contributed by atoms with Crippen molar-refractivity contribution in [1.82, 2.24) is 0 Å². The first-order valence-corrected chi connectivity index (χ1v) is 11.1. The number of esters is 1. The van der Waals surface area contributed by atoms with Gasteiger partial charge < -0.3 is 19.0 Å². The summed E-state index contributed by atoms with van der Waals surface area (Å²) in [5.41, 5.74) is 0. The van der Waals surface area contributed by atoms with E-state index >= 15 is 0 Å². The van der Waals surface area contributed by atoms with Gasteiger partial charge >= 0.3 is 5.97 Å². The summed E-state index contributed by atoms with van der Waals surface area (Å²) in [6.07, 6.45) is 10.8. The van der Waals surface area contributed by atoms with Gasteiger partial charge in [-0.25, -0.2) is 0 Å². The van der Waals surface area contributed by atoms with E-state index in [2.05, 4.69) is 0 Å². The molecule has 1 saturated carbocycles. The molecule has 0 radical (unpaired) electrons. The SMILES string of the molecule is CCCOC(=O)CCCCCC[C@@H]1[C@@H](C=O)[C@H](OC2CCCCO2)C[C@H]1Cl. The van der Waals surface area contributed by atoms with Crippen LogP contribution in [0.1, 0.15) is 77.6 Å². The van der Waals surface area contributed by atoms with Crippen LogP contribution in [-0.4, -0.2) is 43.2 Å². The van der Waals surface area contributed by atoms with E-state index in [1.165, 1.54) is 0 Å². The van der Waals surface area contributed by atoms with Gasteiger partial charge in [0.1, 0.15) is 6.29 Å². The lowest BCUT2D eigenvalue weighted by atomic mass is 9.90. The Kier molecular flexibility index (Phi) is 10.7. The minimum Gasteiger partial charge on any atom is -0.466 e. The Hall–Kier alpha value is -0.650. The number of rotatable bonds is 12. The second kappa shape index (κ2) is 12.7. The smallest absolute Gasteiger partial charge is 0.305 e. The van der Waals surface area contributed by atoms with Crippen molar-refractivity contribution in [3.05, 3.63) is 0 Å². The van der Waals surface area contributed by atoms with E-state index in [9.17, 15) is 9.59 Å². The quantitative estimate of drug-likeness (QED) is 0.206. The zero-order chi connectivity index (χ0) is 19.5. The van der Waals surface area contributed by atoms with E-state index in [-0.39, 0.29) is 35.6 Å². The van der Waals surface area contributed by atoms with Crippen LogP contribution in [0.5, 0.6) is 0 Å². The van der Waals surface area contributed by atoms with Gasteiger partial charge in [-0.3, -0.25) is 4.79 Å². The largest absolute Gasteiger partial charge is 0.466 e. The third kappa shape index (κ3) is 7.71. The van der Waals surface area contributed by atoms with Crippen LogP contribution in [-0.2, 0) is 23.8 Å². The van der Waals surface area contributed by atoms with Crippen molar-refractivity contribution in [2.75, 3.05) is 13.2 Å². The number of ether oxygens (including phenoxy) is 3. The predicted octanol–water partition coefficient (Wildman–Crippen LogP) is 4.63. The molecule has 0 aromatic heterocycles. The Labute approximate surface area is 168 Å². The first kappa shape index (κ1) is 22.6. The molecule has 0 bridgehead atoms. The van der Waals surface area contributed by atoms with Gasteiger partial charge in [-0.1, -0.05) is 26.2 Å².